The van der Waals surface area contributed by atoms with Gasteiger partial charge in [-0.1, -0.05) is 11.8 Å². The summed E-state index contributed by atoms with van der Waals surface area (Å²) in [6.07, 6.45) is 0. The fraction of sp³-hybridized carbons (Fsp3) is 0.267. The fourth-order valence-electron chi connectivity index (χ4n) is 2.02. The number of aromatic hydroxyl groups is 1. The van der Waals surface area contributed by atoms with E-state index in [0.717, 1.165) is 29.2 Å². The number of rotatable bonds is 6. The second kappa shape index (κ2) is 8.68. The van der Waals surface area contributed by atoms with Crippen LogP contribution >= 0.6 is 23.1 Å². The molecule has 2 rings (SSSR count). The van der Waals surface area contributed by atoms with Gasteiger partial charge in [0.25, 0.3) is 5.56 Å². The van der Waals surface area contributed by atoms with Gasteiger partial charge in [-0.05, 0) is 12.5 Å². The molecule has 0 saturated carbocycles. The maximum atomic E-state index is 12.2. The highest BCUT2D eigenvalue weighted by Gasteiger charge is 2.26. The van der Waals surface area contributed by atoms with Crippen molar-refractivity contribution in [3.05, 3.63) is 32.4 Å². The molecular weight excluding hydrogens is 398 g/mol. The fourth-order valence-corrected chi connectivity index (χ4v) is 3.82. The molecule has 144 valence electrons. The van der Waals surface area contributed by atoms with Gasteiger partial charge in [0.05, 0.1) is 31.6 Å². The van der Waals surface area contributed by atoms with Crippen molar-refractivity contribution in [1.82, 2.24) is 9.97 Å². The second-order valence-corrected chi connectivity index (χ2v) is 6.97. The molecule has 0 aromatic carbocycles. The summed E-state index contributed by atoms with van der Waals surface area (Å²) in [5.74, 6) is -2.50. The number of hydrogen-bond donors (Lipinski definition) is 3. The molecule has 0 aliphatic heterocycles. The van der Waals surface area contributed by atoms with Gasteiger partial charge in [0.15, 0.2) is 5.16 Å². The molecule has 0 aliphatic carbocycles. The van der Waals surface area contributed by atoms with Crippen molar-refractivity contribution in [2.45, 2.75) is 12.1 Å². The van der Waals surface area contributed by atoms with Crippen LogP contribution < -0.4 is 10.9 Å². The van der Waals surface area contributed by atoms with Crippen LogP contribution in [0, 0.1) is 6.92 Å². The number of hydrogen-bond acceptors (Lipinski definition) is 10. The van der Waals surface area contributed by atoms with E-state index in [1.54, 1.807) is 6.92 Å². The Morgan fingerprint density at radius 1 is 1.30 bits per heavy atom. The number of nitrogens with one attached hydrogen (secondary N) is 2. The first-order valence-electron chi connectivity index (χ1n) is 7.29. The Balaban J connectivity index is 2.19. The summed E-state index contributed by atoms with van der Waals surface area (Å²) in [6.45, 7) is 1.54. The van der Waals surface area contributed by atoms with Crippen LogP contribution in [0.25, 0.3) is 0 Å². The number of aromatic nitrogens is 2. The van der Waals surface area contributed by atoms with E-state index in [9.17, 15) is 24.3 Å². The third-order valence-electron chi connectivity index (χ3n) is 3.21. The first-order chi connectivity index (χ1) is 12.8. The summed E-state index contributed by atoms with van der Waals surface area (Å²) in [5, 5.41) is 12.0. The van der Waals surface area contributed by atoms with Crippen LogP contribution in [0.3, 0.4) is 0 Å². The number of thioether (sulfide) groups is 1. The highest BCUT2D eigenvalue weighted by atomic mass is 32.2. The monoisotopic (exact) mass is 413 g/mol. The van der Waals surface area contributed by atoms with Crippen molar-refractivity contribution < 1.29 is 29.0 Å². The van der Waals surface area contributed by atoms with E-state index in [-0.39, 0.29) is 26.4 Å². The van der Waals surface area contributed by atoms with Crippen molar-refractivity contribution in [2.24, 2.45) is 0 Å². The van der Waals surface area contributed by atoms with Gasteiger partial charge in [0.2, 0.25) is 11.8 Å². The van der Waals surface area contributed by atoms with Crippen molar-refractivity contribution in [3.63, 3.8) is 0 Å². The molecule has 0 aliphatic rings. The SMILES string of the molecule is COC(=O)c1sc(NC(=O)CSc2nc(O)cc(=O)[nH]2)c(C(=O)OC)c1C. The molecule has 0 bridgehead atoms. The number of ether oxygens (including phenoxy) is 2. The van der Waals surface area contributed by atoms with Crippen LogP contribution in [0.5, 0.6) is 5.88 Å². The third kappa shape index (κ3) is 4.86. The summed E-state index contributed by atoms with van der Waals surface area (Å²) < 4.78 is 9.37. The van der Waals surface area contributed by atoms with Crippen LogP contribution in [0.2, 0.25) is 0 Å². The van der Waals surface area contributed by atoms with E-state index < -0.39 is 29.3 Å². The number of aromatic amines is 1. The highest BCUT2D eigenvalue weighted by molar-refractivity contribution is 7.99. The first-order valence-corrected chi connectivity index (χ1v) is 9.10. The number of methoxy groups -OCH3 is 2. The van der Waals surface area contributed by atoms with E-state index in [1.165, 1.54) is 14.2 Å². The number of anilines is 1. The summed E-state index contributed by atoms with van der Waals surface area (Å²) in [7, 11) is 2.39. The molecule has 27 heavy (non-hydrogen) atoms. The molecule has 12 heteroatoms. The van der Waals surface area contributed by atoms with Gasteiger partial charge in [-0.3, -0.25) is 9.59 Å². The molecule has 0 spiro atoms. The van der Waals surface area contributed by atoms with Crippen molar-refractivity contribution in [2.75, 3.05) is 25.3 Å². The zero-order chi connectivity index (χ0) is 20.1. The largest absolute Gasteiger partial charge is 0.493 e. The van der Waals surface area contributed by atoms with E-state index in [2.05, 4.69) is 20.0 Å². The smallest absolute Gasteiger partial charge is 0.348 e. The summed E-state index contributed by atoms with van der Waals surface area (Å²) in [6, 6.07) is 0.898. The topological polar surface area (TPSA) is 148 Å². The average Bonchev–Trinajstić information content (AvgIpc) is 2.94. The Labute approximate surface area is 160 Å². The first kappa shape index (κ1) is 20.5. The third-order valence-corrected chi connectivity index (χ3v) is 5.27. The number of thiophene rings is 1. The zero-order valence-corrected chi connectivity index (χ0v) is 16.1. The van der Waals surface area contributed by atoms with Gasteiger partial charge in [0, 0.05) is 0 Å². The lowest BCUT2D eigenvalue weighted by Gasteiger charge is -2.06. The molecule has 0 radical (unpaired) electrons. The Morgan fingerprint density at radius 3 is 2.56 bits per heavy atom. The van der Waals surface area contributed by atoms with Gasteiger partial charge in [-0.25, -0.2) is 9.59 Å². The Bertz CT molecular complexity index is 951. The quantitative estimate of drug-likeness (QED) is 0.360. The van der Waals surface area contributed by atoms with Crippen LogP contribution in [0.4, 0.5) is 5.00 Å². The number of esters is 2. The number of H-pyrrole nitrogens is 1. The molecule has 0 fully saturated rings. The molecule has 2 aromatic heterocycles. The number of nitrogens with zero attached hydrogens (tertiary/aromatic N) is 1. The van der Waals surface area contributed by atoms with Crippen LogP contribution in [-0.2, 0) is 14.3 Å². The van der Waals surface area contributed by atoms with E-state index in [1.807, 2.05) is 0 Å². The van der Waals surface area contributed by atoms with E-state index in [4.69, 9.17) is 4.74 Å². The predicted octanol–water partition coefficient (Wildman–Crippen LogP) is 1.15. The van der Waals surface area contributed by atoms with Gasteiger partial charge in [-0.15, -0.1) is 11.3 Å². The lowest BCUT2D eigenvalue weighted by atomic mass is 10.1. The lowest BCUT2D eigenvalue weighted by molar-refractivity contribution is -0.113. The maximum absolute atomic E-state index is 12.2. The number of amides is 1. The zero-order valence-electron chi connectivity index (χ0n) is 14.4. The molecular formula is C15H15N3O7S2. The molecule has 2 heterocycles. The van der Waals surface area contributed by atoms with E-state index in [0.29, 0.717) is 5.56 Å². The van der Waals surface area contributed by atoms with Crippen molar-refractivity contribution in [1.29, 1.82) is 0 Å². The summed E-state index contributed by atoms with van der Waals surface area (Å²) in [4.78, 5) is 53.5. The van der Waals surface area contributed by atoms with E-state index >= 15 is 0 Å². The van der Waals surface area contributed by atoms with Gasteiger partial charge < -0.3 is 24.9 Å². The van der Waals surface area contributed by atoms with Crippen molar-refractivity contribution >= 4 is 45.9 Å². The second-order valence-electron chi connectivity index (χ2n) is 4.99. The highest BCUT2D eigenvalue weighted by Crippen LogP contribution is 2.34. The van der Waals surface area contributed by atoms with Gasteiger partial charge in [-0.2, -0.15) is 4.98 Å². The molecule has 0 atom stereocenters. The predicted molar refractivity (Wildman–Crippen MR) is 97.6 cm³/mol. The normalized spacial score (nSPS) is 10.3. The summed E-state index contributed by atoms with van der Waals surface area (Å²) >= 11 is 1.76. The average molecular weight is 413 g/mol. The Kier molecular flexibility index (Phi) is 6.58. The molecule has 1 amide bonds. The van der Waals surface area contributed by atoms with Crippen LogP contribution in [0.15, 0.2) is 16.0 Å². The maximum Gasteiger partial charge on any atom is 0.348 e. The van der Waals surface area contributed by atoms with Crippen LogP contribution in [-0.4, -0.2) is 52.9 Å². The minimum absolute atomic E-state index is 0.0564. The standard InChI is InChI=1S/C15H15N3O7S2/c1-6-10(13(22)24-2)12(27-11(6)14(23)25-3)16-9(21)5-26-15-17-7(19)4-8(20)18-15/h4H,5H2,1-3H3,(H,16,21)(H2,17,18,19,20). The van der Waals surface area contributed by atoms with Gasteiger partial charge >= 0.3 is 11.9 Å². The minimum atomic E-state index is -0.708. The summed E-state index contributed by atoms with van der Waals surface area (Å²) in [5.41, 5.74) is -0.166. The Morgan fingerprint density at radius 2 is 1.96 bits per heavy atom. The molecule has 2 aromatic rings. The van der Waals surface area contributed by atoms with Crippen molar-refractivity contribution in [3.8, 4) is 5.88 Å². The molecule has 10 nitrogen and oxygen atoms in total. The molecule has 3 N–H and O–H groups in total. The number of carbonyl (C=O) groups excluding carboxylic acids is 3. The lowest BCUT2D eigenvalue weighted by Crippen LogP contribution is -2.16. The minimum Gasteiger partial charge on any atom is -0.493 e. The van der Waals surface area contributed by atoms with Crippen LogP contribution in [0.1, 0.15) is 25.6 Å². The van der Waals surface area contributed by atoms with Gasteiger partial charge in [0.1, 0.15) is 9.88 Å². The molecule has 0 saturated heterocycles. The number of carbonyl (C=O) groups is 3. The molecule has 0 unspecified atom stereocenters. The Hall–Kier alpha value is -2.86.